The van der Waals surface area contributed by atoms with Gasteiger partial charge in [-0.15, -0.1) is 0 Å². The molecule has 1 aliphatic carbocycles. The van der Waals surface area contributed by atoms with Crippen LogP contribution in [0.25, 0.3) is 11.1 Å². The molecule has 5 rings (SSSR count). The normalized spacial score (nSPS) is 15.6. The molecule has 39 heavy (non-hydrogen) atoms. The number of rotatable bonds is 11. The van der Waals surface area contributed by atoms with Gasteiger partial charge in [0.05, 0.1) is 25.4 Å². The van der Waals surface area contributed by atoms with Crippen LogP contribution in [-0.4, -0.2) is 44.7 Å². The Bertz CT molecular complexity index is 1530. The van der Waals surface area contributed by atoms with E-state index in [0.717, 1.165) is 40.8 Å². The van der Waals surface area contributed by atoms with E-state index in [1.165, 1.54) is 22.9 Å². The molecule has 1 N–H and O–H groups in total. The first kappa shape index (κ1) is 27.3. The van der Waals surface area contributed by atoms with E-state index in [4.69, 9.17) is 30.9 Å². The van der Waals surface area contributed by atoms with Gasteiger partial charge in [0.1, 0.15) is 33.7 Å². The number of carboxylic acids is 1. The molecule has 0 aromatic heterocycles. The van der Waals surface area contributed by atoms with Gasteiger partial charge in [-0.1, -0.05) is 23.7 Å². The van der Waals surface area contributed by atoms with E-state index in [9.17, 15) is 13.2 Å². The maximum absolute atomic E-state index is 11.4. The van der Waals surface area contributed by atoms with Crippen molar-refractivity contribution in [1.29, 1.82) is 0 Å². The highest BCUT2D eigenvalue weighted by atomic mass is 35.5. The van der Waals surface area contributed by atoms with E-state index < -0.39 is 15.8 Å². The van der Waals surface area contributed by atoms with Gasteiger partial charge in [-0.05, 0) is 78.3 Å². The third-order valence-corrected chi connectivity index (χ3v) is 8.66. The van der Waals surface area contributed by atoms with E-state index in [1.54, 1.807) is 6.07 Å². The Balaban J connectivity index is 1.30. The van der Waals surface area contributed by atoms with E-state index in [2.05, 4.69) is 13.0 Å². The molecule has 9 heteroatoms. The summed E-state index contributed by atoms with van der Waals surface area (Å²) in [4.78, 5) is 11.1. The van der Waals surface area contributed by atoms with Gasteiger partial charge in [-0.25, -0.2) is 8.42 Å². The third kappa shape index (κ3) is 6.17. The van der Waals surface area contributed by atoms with Crippen molar-refractivity contribution in [3.8, 4) is 28.4 Å². The average molecular weight is 571 g/mol. The van der Waals surface area contributed by atoms with Crippen molar-refractivity contribution in [3.05, 3.63) is 75.3 Å². The molecule has 0 saturated heterocycles. The number of benzene rings is 3. The van der Waals surface area contributed by atoms with Crippen molar-refractivity contribution in [2.75, 3.05) is 25.2 Å². The average Bonchev–Trinajstić information content (AvgIpc) is 3.23. The van der Waals surface area contributed by atoms with Crippen LogP contribution in [0.4, 0.5) is 0 Å². The van der Waals surface area contributed by atoms with E-state index in [1.807, 2.05) is 30.3 Å². The molecule has 0 saturated carbocycles. The zero-order chi connectivity index (χ0) is 27.7. The lowest BCUT2D eigenvalue weighted by Crippen LogP contribution is -2.15. The largest absolute Gasteiger partial charge is 0.493 e. The topological polar surface area (TPSA) is 99.1 Å². The van der Waals surface area contributed by atoms with Gasteiger partial charge in [0.2, 0.25) is 0 Å². The number of ether oxygens (including phenoxy) is 3. The highest BCUT2D eigenvalue weighted by Crippen LogP contribution is 2.43. The van der Waals surface area contributed by atoms with Crippen LogP contribution in [0, 0.1) is 6.92 Å². The minimum absolute atomic E-state index is 0.0367. The number of carbonyl (C=O) groups is 1. The van der Waals surface area contributed by atoms with Gasteiger partial charge in [-0.2, -0.15) is 0 Å². The van der Waals surface area contributed by atoms with Gasteiger partial charge >= 0.3 is 5.97 Å². The summed E-state index contributed by atoms with van der Waals surface area (Å²) in [7, 11) is -3.00. The van der Waals surface area contributed by atoms with Gasteiger partial charge in [0, 0.05) is 34.4 Å². The Kier molecular flexibility index (Phi) is 7.78. The van der Waals surface area contributed by atoms with Crippen molar-refractivity contribution < 1.29 is 32.5 Å². The van der Waals surface area contributed by atoms with Crippen LogP contribution in [-0.2, 0) is 34.1 Å². The van der Waals surface area contributed by atoms with E-state index >= 15 is 0 Å². The molecule has 1 unspecified atom stereocenters. The van der Waals surface area contributed by atoms with Crippen molar-refractivity contribution in [1.82, 2.24) is 0 Å². The van der Waals surface area contributed by atoms with Gasteiger partial charge in [-0.3, -0.25) is 4.79 Å². The van der Waals surface area contributed by atoms with Crippen molar-refractivity contribution in [2.45, 2.75) is 45.1 Å². The minimum atomic E-state index is -3.00. The molecule has 1 heterocycles. The molecular formula is C30H31ClO7S. The molecule has 1 atom stereocenters. The number of aryl methyl sites for hydroxylation is 1. The first-order valence-corrected chi connectivity index (χ1v) is 15.4. The summed E-state index contributed by atoms with van der Waals surface area (Å²) >= 11 is 6.54. The molecule has 2 aliphatic rings. The lowest BCUT2D eigenvalue weighted by molar-refractivity contribution is -0.137. The molecule has 0 amide bonds. The maximum atomic E-state index is 11.4. The maximum Gasteiger partial charge on any atom is 0.304 e. The monoisotopic (exact) mass is 570 g/mol. The van der Waals surface area contributed by atoms with Crippen LogP contribution in [0.1, 0.15) is 46.6 Å². The van der Waals surface area contributed by atoms with Crippen molar-refractivity contribution >= 4 is 27.4 Å². The lowest BCUT2D eigenvalue weighted by Gasteiger charge is -2.28. The fourth-order valence-corrected chi connectivity index (χ4v) is 6.09. The molecular weight excluding hydrogens is 540 g/mol. The zero-order valence-electron chi connectivity index (χ0n) is 22.0. The van der Waals surface area contributed by atoms with E-state index in [0.29, 0.717) is 36.2 Å². The van der Waals surface area contributed by atoms with Gasteiger partial charge < -0.3 is 19.3 Å². The zero-order valence-corrected chi connectivity index (χ0v) is 23.5. The van der Waals surface area contributed by atoms with Crippen LogP contribution < -0.4 is 14.2 Å². The van der Waals surface area contributed by atoms with Crippen LogP contribution in [0.5, 0.6) is 17.2 Å². The van der Waals surface area contributed by atoms with Gasteiger partial charge in [0.15, 0.2) is 0 Å². The quantitative estimate of drug-likeness (QED) is 0.293. The molecule has 206 valence electrons. The number of hydrogen-bond donors (Lipinski definition) is 1. The fourth-order valence-electron chi connectivity index (χ4n) is 5.28. The fraction of sp³-hybridized carbons (Fsp3) is 0.367. The predicted octanol–water partition coefficient (Wildman–Crippen LogP) is 5.76. The molecule has 7 nitrogen and oxygen atoms in total. The lowest BCUT2D eigenvalue weighted by atomic mass is 9.79. The third-order valence-electron chi connectivity index (χ3n) is 7.26. The van der Waals surface area contributed by atoms with Crippen LogP contribution in [0.2, 0.25) is 5.02 Å². The molecule has 3 aromatic carbocycles. The first-order valence-electron chi connectivity index (χ1n) is 12.9. The smallest absolute Gasteiger partial charge is 0.304 e. The number of halogens is 1. The molecule has 0 fully saturated rings. The summed E-state index contributed by atoms with van der Waals surface area (Å²) in [6, 6.07) is 13.5. The molecule has 3 aromatic rings. The predicted molar refractivity (Wildman–Crippen MR) is 150 cm³/mol. The summed E-state index contributed by atoms with van der Waals surface area (Å²) in [5, 5.41) is 9.72. The highest BCUT2D eigenvalue weighted by molar-refractivity contribution is 7.90. The Labute approximate surface area is 233 Å². The van der Waals surface area contributed by atoms with Crippen LogP contribution in [0.15, 0.2) is 42.5 Å². The Hall–Kier alpha value is -3.23. The Morgan fingerprint density at radius 2 is 1.90 bits per heavy atom. The first-order chi connectivity index (χ1) is 18.6. The minimum Gasteiger partial charge on any atom is -0.493 e. The Morgan fingerprint density at radius 3 is 2.62 bits per heavy atom. The second kappa shape index (κ2) is 11.1. The van der Waals surface area contributed by atoms with Crippen LogP contribution >= 0.6 is 11.6 Å². The highest BCUT2D eigenvalue weighted by Gasteiger charge is 2.27. The summed E-state index contributed by atoms with van der Waals surface area (Å²) in [5.74, 6) is 1.25. The number of hydrogen-bond acceptors (Lipinski definition) is 6. The Morgan fingerprint density at radius 1 is 1.10 bits per heavy atom. The van der Waals surface area contributed by atoms with Gasteiger partial charge in [0.25, 0.3) is 0 Å². The summed E-state index contributed by atoms with van der Waals surface area (Å²) in [5.41, 5.74) is 7.51. The molecule has 0 spiro atoms. The standard InChI is InChI=1S/C30H31ClO7S/c1-18-12-27(36-10-3-11-39(2,34)35)24-7-8-25(24)30(18)19-4-9-26(31)21(13-19)17-37-22-5-6-23-20(14-29(32)33)16-38-28(23)15-22/h4-6,9,12-13,15,20H,3,7-8,10-11,14,16-17H2,1-2H3,(H,32,33). The SMILES string of the molecule is Cc1cc(OCCCS(C)(=O)=O)c2c(c1-c1ccc(Cl)c(COc3ccc4c(c3)OCC4CC(=O)O)c1)CC2. The number of carboxylic acid groups (broad SMARTS) is 1. The molecule has 0 bridgehead atoms. The second-order valence-corrected chi connectivity index (χ2v) is 12.9. The van der Waals surface area contributed by atoms with Crippen molar-refractivity contribution in [2.24, 2.45) is 0 Å². The van der Waals surface area contributed by atoms with Crippen molar-refractivity contribution in [3.63, 3.8) is 0 Å². The number of sulfone groups is 1. The second-order valence-electron chi connectivity index (χ2n) is 10.3. The number of aliphatic carboxylic acids is 1. The number of fused-ring (bicyclic) bond motifs is 2. The summed E-state index contributed by atoms with van der Waals surface area (Å²) < 4.78 is 40.5. The van der Waals surface area contributed by atoms with Crippen LogP contribution in [0.3, 0.4) is 0 Å². The summed E-state index contributed by atoms with van der Waals surface area (Å²) in [6.45, 7) is 3.05. The van der Waals surface area contributed by atoms with E-state index in [-0.39, 0.29) is 24.7 Å². The molecule has 0 radical (unpaired) electrons. The summed E-state index contributed by atoms with van der Waals surface area (Å²) in [6.07, 6.45) is 3.63. The molecule has 1 aliphatic heterocycles.